The van der Waals surface area contributed by atoms with Gasteiger partial charge in [-0.2, -0.15) is 0 Å². The summed E-state index contributed by atoms with van der Waals surface area (Å²) in [5.41, 5.74) is 14.1. The van der Waals surface area contributed by atoms with Gasteiger partial charge in [-0.25, -0.2) is 0 Å². The van der Waals surface area contributed by atoms with Gasteiger partial charge in [0.25, 0.3) is 0 Å². The first-order valence-electron chi connectivity index (χ1n) is 23.9. The molecular formula is C65H44N4O. The molecular weight excluding hydrogens is 853 g/mol. The number of hydrogen-bond acceptors (Lipinski definition) is 5. The summed E-state index contributed by atoms with van der Waals surface area (Å²) in [5, 5.41) is 10.3. The Hall–Kier alpha value is -9.19. The highest BCUT2D eigenvalue weighted by Crippen LogP contribution is 2.50. The number of pyridine rings is 3. The van der Waals surface area contributed by atoms with Gasteiger partial charge < -0.3 is 9.64 Å². The lowest BCUT2D eigenvalue weighted by molar-refractivity contribution is 0.357. The highest BCUT2D eigenvalue weighted by Gasteiger charge is 2.26. The molecule has 0 bridgehead atoms. The number of aromatic nitrogens is 3. The number of anilines is 3. The van der Waals surface area contributed by atoms with Gasteiger partial charge in [0.15, 0.2) is 0 Å². The van der Waals surface area contributed by atoms with E-state index in [1.54, 1.807) is 0 Å². The van der Waals surface area contributed by atoms with Crippen LogP contribution >= 0.6 is 0 Å². The third-order valence-corrected chi connectivity index (χ3v) is 13.8. The maximum absolute atomic E-state index is 5.30. The van der Waals surface area contributed by atoms with Gasteiger partial charge in [-0.05, 0) is 80.9 Å². The van der Waals surface area contributed by atoms with Crippen molar-refractivity contribution in [3.8, 4) is 39.1 Å². The smallest absolute Gasteiger partial charge is 0.122 e. The fourth-order valence-corrected chi connectivity index (χ4v) is 10.6. The quantitative estimate of drug-likeness (QED) is 0.156. The number of para-hydroxylation sites is 4. The van der Waals surface area contributed by atoms with Gasteiger partial charge in [0.2, 0.25) is 0 Å². The highest BCUT2D eigenvalue weighted by molar-refractivity contribution is 6.18. The summed E-state index contributed by atoms with van der Waals surface area (Å²) in [6.07, 6.45) is 7.03. The van der Waals surface area contributed by atoms with Gasteiger partial charge in [0.1, 0.15) is 5.75 Å². The zero-order valence-corrected chi connectivity index (χ0v) is 38.2. The Balaban J connectivity index is 0.000000478. The number of ether oxygens (including phenoxy) is 1. The summed E-state index contributed by atoms with van der Waals surface area (Å²) in [7, 11) is 0. The van der Waals surface area contributed by atoms with Crippen molar-refractivity contribution in [2.75, 3.05) is 11.5 Å². The fraction of sp³-hybridized carbons (Fsp3) is 0.0308. The van der Waals surface area contributed by atoms with E-state index in [-0.39, 0.29) is 0 Å². The van der Waals surface area contributed by atoms with Gasteiger partial charge in [-0.3, -0.25) is 15.0 Å². The molecule has 0 saturated heterocycles. The van der Waals surface area contributed by atoms with Crippen LogP contribution in [0.25, 0.3) is 98.4 Å². The molecule has 13 aromatic rings. The normalized spacial score (nSPS) is 12.0. The summed E-state index contributed by atoms with van der Waals surface area (Å²) >= 11 is 0. The summed E-state index contributed by atoms with van der Waals surface area (Å²) in [6, 6.07) is 79.8. The van der Waals surface area contributed by atoms with Crippen molar-refractivity contribution in [1.29, 1.82) is 0 Å². The fourth-order valence-electron chi connectivity index (χ4n) is 10.6. The van der Waals surface area contributed by atoms with E-state index in [0.717, 1.165) is 118 Å². The van der Waals surface area contributed by atoms with Crippen molar-refractivity contribution in [2.24, 2.45) is 0 Å². The Morgan fingerprint density at radius 2 is 0.657 bits per heavy atom. The van der Waals surface area contributed by atoms with Crippen LogP contribution in [0, 0.1) is 0 Å². The lowest BCUT2D eigenvalue weighted by Gasteiger charge is -2.32. The number of hydrogen-bond donors (Lipinski definition) is 0. The Labute approximate surface area is 405 Å². The molecule has 0 fully saturated rings. The summed E-state index contributed by atoms with van der Waals surface area (Å²) in [4.78, 5) is 17.4. The Kier molecular flexibility index (Phi) is 10.2. The summed E-state index contributed by atoms with van der Waals surface area (Å²) in [6.45, 7) is 0.860. The third-order valence-electron chi connectivity index (χ3n) is 13.8. The first-order chi connectivity index (χ1) is 34.8. The van der Waals surface area contributed by atoms with Gasteiger partial charge in [0.05, 0.1) is 40.2 Å². The van der Waals surface area contributed by atoms with E-state index in [4.69, 9.17) is 19.7 Å². The third kappa shape index (κ3) is 7.06. The van der Waals surface area contributed by atoms with E-state index in [0.29, 0.717) is 0 Å². The molecule has 0 aliphatic carbocycles. The molecule has 0 radical (unpaired) electrons. The second kappa shape index (κ2) is 17.5. The van der Waals surface area contributed by atoms with Gasteiger partial charge in [0, 0.05) is 74.0 Å². The van der Waals surface area contributed by atoms with Crippen LogP contribution in [-0.4, -0.2) is 21.6 Å². The molecule has 5 nitrogen and oxygen atoms in total. The lowest BCUT2D eigenvalue weighted by Crippen LogP contribution is -2.14. The molecule has 1 aliphatic rings. The summed E-state index contributed by atoms with van der Waals surface area (Å²) in [5.74, 6) is 1.07. The highest BCUT2D eigenvalue weighted by atomic mass is 16.5. The molecule has 4 heterocycles. The second-order valence-corrected chi connectivity index (χ2v) is 17.7. The maximum atomic E-state index is 5.30. The van der Waals surface area contributed by atoms with Crippen LogP contribution in [0.2, 0.25) is 0 Å². The minimum absolute atomic E-state index is 0.860. The average Bonchev–Trinajstić information content (AvgIpc) is 3.92. The van der Waals surface area contributed by atoms with E-state index >= 15 is 0 Å². The van der Waals surface area contributed by atoms with E-state index in [1.807, 2.05) is 36.8 Å². The number of fused-ring (bicyclic) bond motifs is 10. The first-order valence-corrected chi connectivity index (χ1v) is 23.9. The first kappa shape index (κ1) is 41.0. The molecule has 3 aromatic heterocycles. The van der Waals surface area contributed by atoms with Crippen molar-refractivity contribution in [3.63, 3.8) is 0 Å². The van der Waals surface area contributed by atoms with Crippen molar-refractivity contribution in [1.82, 2.24) is 15.0 Å². The van der Waals surface area contributed by atoms with Crippen LogP contribution in [0.5, 0.6) is 5.75 Å². The Morgan fingerprint density at radius 3 is 1.07 bits per heavy atom. The molecule has 14 rings (SSSR count). The number of rotatable bonds is 6. The SMILES string of the molecule is c1ccc(N(c2ccccc2-c2cccc3ncc4ccccc4c23)c2ccccc2-c2cccc3ncc4ccccc4c23)c(-c2cccc3ncc4ccccc4c23)c1.c1ccc2c(c1)CCO2. The molecule has 1 aliphatic heterocycles. The van der Waals surface area contributed by atoms with E-state index < -0.39 is 0 Å². The lowest BCUT2D eigenvalue weighted by atomic mass is 9.91. The molecule has 0 unspecified atom stereocenters. The van der Waals surface area contributed by atoms with Gasteiger partial charge in [-0.1, -0.05) is 182 Å². The minimum Gasteiger partial charge on any atom is -0.493 e. The van der Waals surface area contributed by atoms with Gasteiger partial charge in [-0.15, -0.1) is 0 Å². The molecule has 70 heavy (non-hydrogen) atoms. The largest absolute Gasteiger partial charge is 0.493 e. The molecule has 0 amide bonds. The van der Waals surface area contributed by atoms with Crippen LogP contribution in [-0.2, 0) is 6.42 Å². The predicted octanol–water partition coefficient (Wildman–Crippen LogP) is 16.9. The van der Waals surface area contributed by atoms with Crippen molar-refractivity contribution >= 4 is 82.1 Å². The molecule has 0 saturated carbocycles. The number of nitrogens with zero attached hydrogens (tertiary/aromatic N) is 4. The monoisotopic (exact) mass is 896 g/mol. The zero-order chi connectivity index (χ0) is 46.4. The average molecular weight is 897 g/mol. The van der Waals surface area contributed by atoms with Crippen LogP contribution in [0.15, 0.2) is 243 Å². The summed E-state index contributed by atoms with van der Waals surface area (Å²) < 4.78 is 5.30. The predicted molar refractivity (Wildman–Crippen MR) is 291 cm³/mol. The molecule has 0 N–H and O–H groups in total. The molecule has 0 atom stereocenters. The van der Waals surface area contributed by atoms with Crippen LogP contribution in [0.4, 0.5) is 17.1 Å². The van der Waals surface area contributed by atoms with Crippen molar-refractivity contribution < 1.29 is 4.74 Å². The topological polar surface area (TPSA) is 51.1 Å². The molecule has 10 aromatic carbocycles. The Morgan fingerprint density at radius 1 is 0.314 bits per heavy atom. The number of benzene rings is 10. The standard InChI is InChI=1S/C57H36N4.C8H8O/c1-4-19-40-37(16-1)34-58-49-28-13-25-46(55(40)49)43-22-7-10-31-52(43)61(53-32-11-8-23-44(53)47-26-14-29-50-56(47)41-20-5-2-17-38(41)35-59-50)54-33-12-9-24-45(54)48-27-15-30-51-57(48)42-21-6-3-18-39(42)36-60-51;1-2-4-8-7(3-1)5-6-9-8/h1-36H;1-4H,5-6H2. The van der Waals surface area contributed by atoms with Crippen molar-refractivity contribution in [3.05, 3.63) is 249 Å². The van der Waals surface area contributed by atoms with Crippen LogP contribution in [0.3, 0.4) is 0 Å². The van der Waals surface area contributed by atoms with E-state index in [2.05, 4.69) is 211 Å². The van der Waals surface area contributed by atoms with Crippen molar-refractivity contribution in [2.45, 2.75) is 6.42 Å². The molecule has 330 valence electrons. The van der Waals surface area contributed by atoms with Crippen LogP contribution in [0.1, 0.15) is 5.56 Å². The Bertz CT molecular complexity index is 3740. The maximum Gasteiger partial charge on any atom is 0.122 e. The minimum atomic E-state index is 0.860. The molecule has 5 heteroatoms. The zero-order valence-electron chi connectivity index (χ0n) is 38.2. The van der Waals surface area contributed by atoms with Gasteiger partial charge >= 0.3 is 0 Å². The van der Waals surface area contributed by atoms with E-state index in [1.165, 1.54) is 21.7 Å². The van der Waals surface area contributed by atoms with Crippen LogP contribution < -0.4 is 9.64 Å². The van der Waals surface area contributed by atoms with E-state index in [9.17, 15) is 0 Å². The molecule has 0 spiro atoms. The second-order valence-electron chi connectivity index (χ2n) is 17.7.